The van der Waals surface area contributed by atoms with Crippen LogP contribution in [0.15, 0.2) is 12.1 Å². The van der Waals surface area contributed by atoms with Gasteiger partial charge in [0.15, 0.2) is 0 Å². The molecule has 2 rings (SSSR count). The molecule has 0 aliphatic heterocycles. The molecule has 1 aromatic rings. The number of rotatable bonds is 4. The van der Waals surface area contributed by atoms with Gasteiger partial charge in [0.2, 0.25) is 0 Å². The highest BCUT2D eigenvalue weighted by Gasteiger charge is 2.28. The normalized spacial score (nSPS) is 17.7. The third kappa shape index (κ3) is 2.38. The highest BCUT2D eigenvalue weighted by atomic mass is 16.5. The molecule has 0 saturated heterocycles. The second kappa shape index (κ2) is 5.48. The van der Waals surface area contributed by atoms with Crippen molar-refractivity contribution in [2.75, 3.05) is 14.2 Å². The van der Waals surface area contributed by atoms with E-state index in [1.165, 1.54) is 12.8 Å². The fraction of sp³-hybridized carbons (Fsp3) is 0.571. The van der Waals surface area contributed by atoms with Gasteiger partial charge in [-0.2, -0.15) is 0 Å². The number of aromatic hydroxyl groups is 1. The number of phenols is 1. The zero-order valence-electron chi connectivity index (χ0n) is 11.0. The Balaban J connectivity index is 2.35. The molecule has 1 atom stereocenters. The minimum atomic E-state index is -0.173. The average Bonchev–Trinajstić information content (AvgIpc) is 2.90. The first kappa shape index (κ1) is 13.0. The van der Waals surface area contributed by atoms with Crippen molar-refractivity contribution in [2.24, 2.45) is 11.7 Å². The van der Waals surface area contributed by atoms with Gasteiger partial charge in [-0.25, -0.2) is 0 Å². The van der Waals surface area contributed by atoms with Crippen LogP contribution in [0.4, 0.5) is 0 Å². The van der Waals surface area contributed by atoms with E-state index in [1.54, 1.807) is 26.4 Å². The maximum absolute atomic E-state index is 10.1. The molecule has 0 unspecified atom stereocenters. The van der Waals surface area contributed by atoms with E-state index in [-0.39, 0.29) is 11.8 Å². The molecule has 0 bridgehead atoms. The third-order valence-electron chi connectivity index (χ3n) is 3.79. The van der Waals surface area contributed by atoms with E-state index in [1.807, 2.05) is 0 Å². The molecule has 4 nitrogen and oxygen atoms in total. The molecule has 0 aromatic heterocycles. The van der Waals surface area contributed by atoms with Crippen LogP contribution in [0, 0.1) is 5.92 Å². The molecular formula is C14H21NO3. The standard InChI is InChI=1S/C14H21NO3/c1-17-10-7-11(16)13(12(8-10)18-2)14(15)9-5-3-4-6-9/h7-9,14,16H,3-6,15H2,1-2H3/t14-/m0/s1. The summed E-state index contributed by atoms with van der Waals surface area (Å²) in [4.78, 5) is 0. The zero-order valence-corrected chi connectivity index (χ0v) is 11.0. The van der Waals surface area contributed by atoms with Crippen LogP contribution in [0.3, 0.4) is 0 Å². The molecule has 3 N–H and O–H groups in total. The van der Waals surface area contributed by atoms with E-state index >= 15 is 0 Å². The van der Waals surface area contributed by atoms with Gasteiger partial charge in [0.1, 0.15) is 17.2 Å². The van der Waals surface area contributed by atoms with Gasteiger partial charge >= 0.3 is 0 Å². The summed E-state index contributed by atoms with van der Waals surface area (Å²) in [6, 6.07) is 3.18. The van der Waals surface area contributed by atoms with Crippen molar-refractivity contribution in [3.05, 3.63) is 17.7 Å². The summed E-state index contributed by atoms with van der Waals surface area (Å²) in [6.07, 6.45) is 4.68. The fourth-order valence-electron chi connectivity index (χ4n) is 2.76. The van der Waals surface area contributed by atoms with Crippen molar-refractivity contribution in [1.29, 1.82) is 0 Å². The van der Waals surface area contributed by atoms with E-state index in [4.69, 9.17) is 15.2 Å². The van der Waals surface area contributed by atoms with Crippen molar-refractivity contribution in [2.45, 2.75) is 31.7 Å². The summed E-state index contributed by atoms with van der Waals surface area (Å²) in [7, 11) is 3.14. The van der Waals surface area contributed by atoms with Gasteiger partial charge in [0.05, 0.1) is 19.8 Å². The number of hydrogen-bond donors (Lipinski definition) is 2. The topological polar surface area (TPSA) is 64.7 Å². The van der Waals surface area contributed by atoms with Gasteiger partial charge < -0.3 is 20.3 Å². The van der Waals surface area contributed by atoms with E-state index in [2.05, 4.69) is 0 Å². The summed E-state index contributed by atoms with van der Waals surface area (Å²) in [5.74, 6) is 1.77. The molecule has 100 valence electrons. The number of nitrogens with two attached hydrogens (primary N) is 1. The van der Waals surface area contributed by atoms with Crippen LogP contribution in [-0.4, -0.2) is 19.3 Å². The van der Waals surface area contributed by atoms with Crippen molar-refractivity contribution in [1.82, 2.24) is 0 Å². The van der Waals surface area contributed by atoms with Crippen molar-refractivity contribution >= 4 is 0 Å². The zero-order chi connectivity index (χ0) is 13.1. The highest BCUT2D eigenvalue weighted by molar-refractivity contribution is 5.51. The van der Waals surface area contributed by atoms with Gasteiger partial charge in [-0.1, -0.05) is 12.8 Å². The number of benzene rings is 1. The predicted molar refractivity (Wildman–Crippen MR) is 70.1 cm³/mol. The minimum absolute atomic E-state index is 0.158. The van der Waals surface area contributed by atoms with Crippen molar-refractivity contribution in [3.8, 4) is 17.2 Å². The van der Waals surface area contributed by atoms with Crippen molar-refractivity contribution in [3.63, 3.8) is 0 Å². The van der Waals surface area contributed by atoms with Crippen LogP contribution in [0.5, 0.6) is 17.2 Å². The molecule has 1 aliphatic rings. The smallest absolute Gasteiger partial charge is 0.131 e. The first-order valence-corrected chi connectivity index (χ1v) is 6.37. The maximum atomic E-state index is 10.1. The first-order valence-electron chi connectivity index (χ1n) is 6.37. The largest absolute Gasteiger partial charge is 0.507 e. The number of ether oxygens (including phenoxy) is 2. The molecule has 0 amide bonds. The van der Waals surface area contributed by atoms with E-state index in [0.29, 0.717) is 23.0 Å². The van der Waals surface area contributed by atoms with E-state index in [0.717, 1.165) is 12.8 Å². The summed E-state index contributed by atoms with van der Waals surface area (Å²) in [5, 5.41) is 10.1. The fourth-order valence-corrected chi connectivity index (χ4v) is 2.76. The lowest BCUT2D eigenvalue weighted by molar-refractivity contribution is 0.358. The Morgan fingerprint density at radius 1 is 1.22 bits per heavy atom. The molecule has 0 radical (unpaired) electrons. The Bertz CT molecular complexity index is 414. The maximum Gasteiger partial charge on any atom is 0.131 e. The van der Waals surface area contributed by atoms with Gasteiger partial charge in [-0.15, -0.1) is 0 Å². The lowest BCUT2D eigenvalue weighted by atomic mass is 9.91. The molecule has 1 fully saturated rings. The SMILES string of the molecule is COc1cc(O)c([C@@H](N)C2CCCC2)c(OC)c1. The summed E-state index contributed by atoms with van der Waals surface area (Å²) in [6.45, 7) is 0. The van der Waals surface area contributed by atoms with Gasteiger partial charge in [-0.3, -0.25) is 0 Å². The monoisotopic (exact) mass is 251 g/mol. The molecule has 0 spiro atoms. The highest BCUT2D eigenvalue weighted by Crippen LogP contribution is 2.43. The quantitative estimate of drug-likeness (QED) is 0.863. The lowest BCUT2D eigenvalue weighted by Gasteiger charge is -2.23. The molecule has 1 saturated carbocycles. The molecule has 1 aromatic carbocycles. The Morgan fingerprint density at radius 3 is 2.44 bits per heavy atom. The second-order valence-corrected chi connectivity index (χ2v) is 4.83. The second-order valence-electron chi connectivity index (χ2n) is 4.83. The van der Waals surface area contributed by atoms with Crippen LogP contribution in [-0.2, 0) is 0 Å². The van der Waals surface area contributed by atoms with E-state index < -0.39 is 0 Å². The van der Waals surface area contributed by atoms with Crippen LogP contribution < -0.4 is 15.2 Å². The third-order valence-corrected chi connectivity index (χ3v) is 3.79. The minimum Gasteiger partial charge on any atom is -0.507 e. The van der Waals surface area contributed by atoms with Crippen LogP contribution >= 0.6 is 0 Å². The van der Waals surface area contributed by atoms with E-state index in [9.17, 15) is 5.11 Å². The Hall–Kier alpha value is -1.42. The lowest BCUT2D eigenvalue weighted by Crippen LogP contribution is -2.20. The number of phenolic OH excluding ortho intramolecular Hbond substituents is 1. The molecule has 4 heteroatoms. The van der Waals surface area contributed by atoms with Crippen LogP contribution in [0.1, 0.15) is 37.3 Å². The molecule has 18 heavy (non-hydrogen) atoms. The van der Waals surface area contributed by atoms with Crippen molar-refractivity contribution < 1.29 is 14.6 Å². The Morgan fingerprint density at radius 2 is 1.89 bits per heavy atom. The predicted octanol–water partition coefficient (Wildman–Crippen LogP) is 2.60. The summed E-state index contributed by atoms with van der Waals surface area (Å²) in [5.41, 5.74) is 6.99. The molecule has 1 aliphatic carbocycles. The van der Waals surface area contributed by atoms with Crippen LogP contribution in [0.25, 0.3) is 0 Å². The number of hydrogen-bond acceptors (Lipinski definition) is 4. The summed E-state index contributed by atoms with van der Waals surface area (Å²) >= 11 is 0. The summed E-state index contributed by atoms with van der Waals surface area (Å²) < 4.78 is 10.4. The Kier molecular flexibility index (Phi) is 3.97. The van der Waals surface area contributed by atoms with Gasteiger partial charge in [0.25, 0.3) is 0 Å². The van der Waals surface area contributed by atoms with Crippen LogP contribution in [0.2, 0.25) is 0 Å². The Labute approximate surface area is 108 Å². The van der Waals surface area contributed by atoms with Gasteiger partial charge in [-0.05, 0) is 18.8 Å². The molecule has 0 heterocycles. The molecular weight excluding hydrogens is 230 g/mol. The van der Waals surface area contributed by atoms with Gasteiger partial charge in [0, 0.05) is 18.2 Å². The number of methoxy groups -OCH3 is 2. The average molecular weight is 251 g/mol. The first-order chi connectivity index (χ1) is 8.67.